The largest absolute Gasteiger partial charge is 0.477 e. The Morgan fingerprint density at radius 1 is 1.22 bits per heavy atom. The van der Waals surface area contributed by atoms with Crippen LogP contribution in [0.5, 0.6) is 11.5 Å². The number of allylic oxidation sites excluding steroid dienone is 1. The van der Waals surface area contributed by atoms with Gasteiger partial charge in [-0.15, -0.1) is 0 Å². The van der Waals surface area contributed by atoms with E-state index in [-0.39, 0.29) is 5.78 Å². The number of fused-ring (bicyclic) bond motifs is 2. The number of ether oxygens (including phenoxy) is 3. The summed E-state index contributed by atoms with van der Waals surface area (Å²) in [4.78, 5) is 15.1. The lowest BCUT2D eigenvalue weighted by Gasteiger charge is -2.30. The van der Waals surface area contributed by atoms with Crippen molar-refractivity contribution in [1.29, 1.82) is 0 Å². The monoisotopic (exact) mass is 365 g/mol. The van der Waals surface area contributed by atoms with Crippen molar-refractivity contribution in [2.75, 3.05) is 27.0 Å². The molecule has 0 aliphatic carbocycles. The summed E-state index contributed by atoms with van der Waals surface area (Å²) < 4.78 is 17.1. The molecule has 0 aromatic heterocycles. The number of methoxy groups -OCH3 is 1. The van der Waals surface area contributed by atoms with Crippen molar-refractivity contribution >= 4 is 11.9 Å². The van der Waals surface area contributed by atoms with E-state index in [1.807, 2.05) is 44.2 Å². The molecule has 2 aliphatic heterocycles. The van der Waals surface area contributed by atoms with Crippen LogP contribution in [0.25, 0.3) is 6.08 Å². The summed E-state index contributed by atoms with van der Waals surface area (Å²) in [5, 5.41) is 0. The maximum Gasteiger partial charge on any atom is 0.231 e. The van der Waals surface area contributed by atoms with Crippen LogP contribution in [0.15, 0.2) is 36.1 Å². The fourth-order valence-electron chi connectivity index (χ4n) is 3.57. The normalized spacial score (nSPS) is 17.4. The van der Waals surface area contributed by atoms with Gasteiger partial charge in [0.05, 0.1) is 12.2 Å². The predicted molar refractivity (Wildman–Crippen MR) is 103 cm³/mol. The first-order valence-corrected chi connectivity index (χ1v) is 9.08. The number of aryl methyl sites for hydroxylation is 1. The van der Waals surface area contributed by atoms with E-state index >= 15 is 0 Å². The minimum Gasteiger partial charge on any atom is -0.477 e. The Kier molecular flexibility index (Phi) is 4.72. The molecule has 0 fully saturated rings. The number of Topliss-reactive ketones (excluding diaryl/α,β-unsaturated/α-hetero) is 1. The molecule has 4 rings (SSSR count). The van der Waals surface area contributed by atoms with Crippen LogP contribution in [0.3, 0.4) is 0 Å². The molecule has 0 radical (unpaired) electrons. The molecule has 0 unspecified atom stereocenters. The highest BCUT2D eigenvalue weighted by Crippen LogP contribution is 2.43. The third kappa shape index (κ3) is 3.36. The number of ketones is 1. The van der Waals surface area contributed by atoms with Crippen LogP contribution < -0.4 is 9.47 Å². The van der Waals surface area contributed by atoms with E-state index in [1.165, 1.54) is 0 Å². The molecule has 0 spiro atoms. The van der Waals surface area contributed by atoms with Crippen molar-refractivity contribution < 1.29 is 19.0 Å². The van der Waals surface area contributed by atoms with E-state index in [4.69, 9.17) is 14.2 Å². The molecule has 5 heteroatoms. The molecule has 2 heterocycles. The van der Waals surface area contributed by atoms with Crippen LogP contribution >= 0.6 is 0 Å². The van der Waals surface area contributed by atoms with E-state index in [0.29, 0.717) is 30.4 Å². The molecule has 140 valence electrons. The molecule has 2 aromatic carbocycles. The summed E-state index contributed by atoms with van der Waals surface area (Å²) >= 11 is 0. The van der Waals surface area contributed by atoms with Crippen molar-refractivity contribution in [1.82, 2.24) is 4.90 Å². The zero-order valence-electron chi connectivity index (χ0n) is 15.9. The van der Waals surface area contributed by atoms with E-state index in [0.717, 1.165) is 41.1 Å². The van der Waals surface area contributed by atoms with Gasteiger partial charge in [-0.1, -0.05) is 29.8 Å². The molecule has 0 bridgehead atoms. The minimum atomic E-state index is -0.0774. The number of hydrogen-bond acceptors (Lipinski definition) is 5. The Bertz CT molecular complexity index is 932. The van der Waals surface area contributed by atoms with Gasteiger partial charge in [-0.3, -0.25) is 9.69 Å². The second-order valence-electron chi connectivity index (χ2n) is 7.04. The highest BCUT2D eigenvalue weighted by molar-refractivity contribution is 6.15. The molecular weight excluding hydrogens is 342 g/mol. The summed E-state index contributed by atoms with van der Waals surface area (Å²) in [6, 6.07) is 9.91. The third-order valence-corrected chi connectivity index (χ3v) is 4.95. The molecule has 27 heavy (non-hydrogen) atoms. The van der Waals surface area contributed by atoms with Gasteiger partial charge >= 0.3 is 0 Å². The minimum absolute atomic E-state index is 0.0774. The Labute approximate surface area is 159 Å². The second-order valence-corrected chi connectivity index (χ2v) is 7.04. The average molecular weight is 365 g/mol. The van der Waals surface area contributed by atoms with Crippen molar-refractivity contribution in [3.05, 3.63) is 63.9 Å². The Morgan fingerprint density at radius 2 is 2.07 bits per heavy atom. The lowest BCUT2D eigenvalue weighted by atomic mass is 10.00. The van der Waals surface area contributed by atoms with E-state index in [9.17, 15) is 4.79 Å². The lowest BCUT2D eigenvalue weighted by molar-refractivity contribution is 0.0649. The first-order valence-electron chi connectivity index (χ1n) is 9.08. The maximum absolute atomic E-state index is 12.9. The summed E-state index contributed by atoms with van der Waals surface area (Å²) in [6.45, 7) is 6.65. The Morgan fingerprint density at radius 3 is 2.85 bits per heavy atom. The zero-order chi connectivity index (χ0) is 19.0. The molecular formula is C22H23NO4. The second kappa shape index (κ2) is 7.18. The number of rotatable bonds is 4. The lowest BCUT2D eigenvalue weighted by Crippen LogP contribution is -2.34. The molecule has 2 aliphatic rings. The highest BCUT2D eigenvalue weighted by Gasteiger charge is 2.33. The highest BCUT2D eigenvalue weighted by atomic mass is 16.5. The SMILES string of the molecule is COCCN1COc2c(cc3c(c2C)O/C(=C\c2cccc(C)c2)C3=O)C1. The fourth-order valence-corrected chi connectivity index (χ4v) is 3.57. The quantitative estimate of drug-likeness (QED) is 0.773. The molecule has 5 nitrogen and oxygen atoms in total. The van der Waals surface area contributed by atoms with Gasteiger partial charge < -0.3 is 14.2 Å². The number of nitrogens with zero attached hydrogens (tertiary/aromatic N) is 1. The van der Waals surface area contributed by atoms with Gasteiger partial charge in [-0.05, 0) is 31.6 Å². The van der Waals surface area contributed by atoms with Crippen LogP contribution in [0.1, 0.15) is 32.6 Å². The van der Waals surface area contributed by atoms with Crippen molar-refractivity contribution in [3.8, 4) is 11.5 Å². The maximum atomic E-state index is 12.9. The van der Waals surface area contributed by atoms with Gasteiger partial charge in [-0.25, -0.2) is 0 Å². The van der Waals surface area contributed by atoms with Crippen molar-refractivity contribution in [2.24, 2.45) is 0 Å². The van der Waals surface area contributed by atoms with Gasteiger partial charge in [-0.2, -0.15) is 0 Å². The predicted octanol–water partition coefficient (Wildman–Crippen LogP) is 3.72. The van der Waals surface area contributed by atoms with Crippen molar-refractivity contribution in [2.45, 2.75) is 20.4 Å². The molecule has 0 N–H and O–H groups in total. The molecule has 0 saturated heterocycles. The topological polar surface area (TPSA) is 48.0 Å². The van der Waals surface area contributed by atoms with E-state index in [2.05, 4.69) is 4.90 Å². The van der Waals surface area contributed by atoms with Crippen molar-refractivity contribution in [3.63, 3.8) is 0 Å². The summed E-state index contributed by atoms with van der Waals surface area (Å²) in [5.41, 5.74) is 4.61. The average Bonchev–Trinajstić information content (AvgIpc) is 2.96. The van der Waals surface area contributed by atoms with Crippen LogP contribution in [-0.2, 0) is 11.3 Å². The van der Waals surface area contributed by atoms with E-state index in [1.54, 1.807) is 13.2 Å². The molecule has 0 atom stereocenters. The summed E-state index contributed by atoms with van der Waals surface area (Å²) in [5.74, 6) is 1.72. The standard InChI is InChI=1S/C22H23NO4/c1-14-5-4-6-16(9-14)10-19-20(24)18-11-17-12-23(7-8-25-3)13-26-21(17)15(2)22(18)27-19/h4-6,9-11H,7-8,12-13H2,1-3H3/b19-10-. The van der Waals surface area contributed by atoms with Crippen LogP contribution in [0, 0.1) is 13.8 Å². The third-order valence-electron chi connectivity index (χ3n) is 4.95. The number of hydrogen-bond donors (Lipinski definition) is 0. The molecule has 2 aromatic rings. The number of carbonyl (C=O) groups is 1. The molecule has 0 saturated carbocycles. The van der Waals surface area contributed by atoms with Gasteiger partial charge in [0.1, 0.15) is 18.2 Å². The first-order chi connectivity index (χ1) is 13.1. The number of carbonyl (C=O) groups excluding carboxylic acids is 1. The van der Waals surface area contributed by atoms with Gasteiger partial charge in [0.15, 0.2) is 5.76 Å². The smallest absolute Gasteiger partial charge is 0.231 e. The summed E-state index contributed by atoms with van der Waals surface area (Å²) in [6.07, 6.45) is 1.81. The Balaban J connectivity index is 1.65. The van der Waals surface area contributed by atoms with Gasteiger partial charge in [0.2, 0.25) is 5.78 Å². The fraction of sp³-hybridized carbons (Fsp3) is 0.318. The van der Waals surface area contributed by atoms with Crippen LogP contribution in [-0.4, -0.2) is 37.7 Å². The van der Waals surface area contributed by atoms with Gasteiger partial charge in [0.25, 0.3) is 0 Å². The number of benzene rings is 2. The Hall–Kier alpha value is -2.63. The van der Waals surface area contributed by atoms with E-state index < -0.39 is 0 Å². The first kappa shape index (κ1) is 17.8. The zero-order valence-corrected chi connectivity index (χ0v) is 15.9. The molecule has 0 amide bonds. The van der Waals surface area contributed by atoms with Crippen LogP contribution in [0.2, 0.25) is 0 Å². The summed E-state index contributed by atoms with van der Waals surface area (Å²) in [7, 11) is 1.69. The van der Waals surface area contributed by atoms with Gasteiger partial charge in [0, 0.05) is 31.3 Å². The van der Waals surface area contributed by atoms with Crippen LogP contribution in [0.4, 0.5) is 0 Å².